The third kappa shape index (κ3) is 5.00. The highest BCUT2D eigenvalue weighted by Crippen LogP contribution is 2.38. The lowest BCUT2D eigenvalue weighted by Gasteiger charge is -2.33. The van der Waals surface area contributed by atoms with Crippen LogP contribution in [-0.2, 0) is 17.6 Å². The van der Waals surface area contributed by atoms with Crippen molar-refractivity contribution in [1.82, 2.24) is 9.88 Å². The Bertz CT molecular complexity index is 888. The topological polar surface area (TPSA) is 45.2 Å². The van der Waals surface area contributed by atoms with Crippen molar-refractivity contribution in [1.29, 1.82) is 0 Å². The van der Waals surface area contributed by atoms with E-state index in [1.54, 1.807) is 17.8 Å². The van der Waals surface area contributed by atoms with Crippen LogP contribution in [0, 0.1) is 5.92 Å². The van der Waals surface area contributed by atoms with Gasteiger partial charge in [-0.25, -0.2) is 0 Å². The first-order chi connectivity index (χ1) is 14.8. The summed E-state index contributed by atoms with van der Waals surface area (Å²) < 4.78 is 41.7. The van der Waals surface area contributed by atoms with Crippen molar-refractivity contribution in [2.24, 2.45) is 5.92 Å². The number of carbonyl (C=O) groups is 1. The monoisotopic (exact) mass is 449 g/mol. The van der Waals surface area contributed by atoms with E-state index < -0.39 is 18.1 Å². The van der Waals surface area contributed by atoms with Crippen LogP contribution >= 0.6 is 11.8 Å². The molecule has 1 atom stereocenters. The molecule has 0 spiro atoms. The van der Waals surface area contributed by atoms with Crippen LogP contribution in [0.2, 0.25) is 0 Å². The predicted octanol–water partition coefficient (Wildman–Crippen LogP) is 4.87. The number of thioether (sulfide) groups is 1. The summed E-state index contributed by atoms with van der Waals surface area (Å²) in [6.45, 7) is 0. The van der Waals surface area contributed by atoms with Gasteiger partial charge in [-0.05, 0) is 60.4 Å². The second kappa shape index (κ2) is 9.10. The van der Waals surface area contributed by atoms with Crippen molar-refractivity contribution in [3.63, 3.8) is 0 Å². The predicted molar refractivity (Wildman–Crippen MR) is 117 cm³/mol. The van der Waals surface area contributed by atoms with Crippen molar-refractivity contribution in [2.75, 3.05) is 23.9 Å². The summed E-state index contributed by atoms with van der Waals surface area (Å²) in [6.07, 6.45) is -0.160. The number of amides is 1. The van der Waals surface area contributed by atoms with E-state index in [0.717, 1.165) is 29.2 Å². The molecule has 0 saturated carbocycles. The number of nitrogens with zero attached hydrogens (tertiary/aromatic N) is 2. The Morgan fingerprint density at radius 1 is 1.13 bits per heavy atom. The van der Waals surface area contributed by atoms with Crippen LogP contribution in [-0.4, -0.2) is 46.6 Å². The summed E-state index contributed by atoms with van der Waals surface area (Å²) in [5.74, 6) is 0.825. The van der Waals surface area contributed by atoms with Gasteiger partial charge in [0, 0.05) is 19.0 Å². The number of nitrogens with one attached hydrogen (secondary N) is 1. The number of rotatable bonds is 5. The van der Waals surface area contributed by atoms with Gasteiger partial charge in [-0.3, -0.25) is 9.78 Å². The number of benzene rings is 1. The van der Waals surface area contributed by atoms with Gasteiger partial charge >= 0.3 is 6.18 Å². The number of halogens is 3. The summed E-state index contributed by atoms with van der Waals surface area (Å²) in [7, 11) is 1.24. The minimum atomic E-state index is -4.59. The largest absolute Gasteiger partial charge is 0.414 e. The smallest absolute Gasteiger partial charge is 0.380 e. The molecule has 1 aliphatic carbocycles. The van der Waals surface area contributed by atoms with Gasteiger partial charge in [0.15, 0.2) is 6.04 Å². The Kier molecular flexibility index (Phi) is 6.46. The lowest BCUT2D eigenvalue weighted by molar-refractivity contribution is -0.191. The maximum Gasteiger partial charge on any atom is 0.414 e. The van der Waals surface area contributed by atoms with Gasteiger partial charge in [0.05, 0.1) is 17.6 Å². The Morgan fingerprint density at radius 3 is 2.32 bits per heavy atom. The molecule has 1 amide bonds. The Morgan fingerprint density at radius 2 is 1.77 bits per heavy atom. The molecular weight excluding hydrogens is 423 g/mol. The summed E-state index contributed by atoms with van der Waals surface area (Å²) in [5, 5.41) is 3.37. The molecule has 1 fully saturated rings. The van der Waals surface area contributed by atoms with Crippen LogP contribution in [0.25, 0.3) is 0 Å². The van der Waals surface area contributed by atoms with Crippen molar-refractivity contribution < 1.29 is 18.0 Å². The number of fused-ring (bicyclic) bond motifs is 1. The Balaban J connectivity index is 1.46. The number of hydrogen-bond acceptors (Lipinski definition) is 4. The van der Waals surface area contributed by atoms with Crippen molar-refractivity contribution in [2.45, 2.75) is 43.9 Å². The first kappa shape index (κ1) is 22.0. The molecule has 31 heavy (non-hydrogen) atoms. The first-order valence-corrected chi connectivity index (χ1v) is 11.7. The fourth-order valence-electron chi connectivity index (χ4n) is 4.49. The quantitative estimate of drug-likeness (QED) is 0.708. The second-order valence-corrected chi connectivity index (χ2v) is 9.49. The molecule has 0 unspecified atom stereocenters. The van der Waals surface area contributed by atoms with Gasteiger partial charge in [0.1, 0.15) is 0 Å². The summed E-state index contributed by atoms with van der Waals surface area (Å²) in [4.78, 5) is 17.7. The zero-order chi connectivity index (χ0) is 22.0. The molecule has 0 radical (unpaired) electrons. The van der Waals surface area contributed by atoms with Crippen LogP contribution in [0.3, 0.4) is 0 Å². The summed E-state index contributed by atoms with van der Waals surface area (Å²) in [5.41, 5.74) is 3.11. The maximum absolute atomic E-state index is 13.9. The van der Waals surface area contributed by atoms with E-state index in [9.17, 15) is 18.0 Å². The number of alkyl halides is 3. The summed E-state index contributed by atoms with van der Waals surface area (Å²) in [6, 6.07) is 9.38. The lowest BCUT2D eigenvalue weighted by atomic mass is 9.99. The fraction of sp³-hybridized carbons (Fsp3) is 0.478. The van der Waals surface area contributed by atoms with Gasteiger partial charge < -0.3 is 10.2 Å². The standard InChI is InChI=1S/C23H26F3N3OS/c1-29(22(30)15-8-10-31-11-9-15)21(23(24,25)26)20-7-6-18(14-27-20)28-19-12-16-4-2-3-5-17(16)13-19/h2-7,14-15,19,21,28H,8-13H2,1H3/t21-/m0/s1. The highest BCUT2D eigenvalue weighted by Gasteiger charge is 2.47. The molecule has 2 heterocycles. The van der Waals surface area contributed by atoms with Crippen molar-refractivity contribution in [3.8, 4) is 0 Å². The highest BCUT2D eigenvalue weighted by molar-refractivity contribution is 7.99. The Labute approximate surface area is 184 Å². The van der Waals surface area contributed by atoms with Crippen LogP contribution < -0.4 is 5.32 Å². The third-order valence-corrected chi connectivity index (χ3v) is 7.15. The van der Waals surface area contributed by atoms with Crippen molar-refractivity contribution in [3.05, 3.63) is 59.4 Å². The average Bonchev–Trinajstić information content (AvgIpc) is 3.16. The minimum absolute atomic E-state index is 0.159. The van der Waals surface area contributed by atoms with E-state index >= 15 is 0 Å². The minimum Gasteiger partial charge on any atom is -0.380 e. The number of hydrogen-bond donors (Lipinski definition) is 1. The molecule has 8 heteroatoms. The lowest BCUT2D eigenvalue weighted by Crippen LogP contribution is -2.43. The van der Waals surface area contributed by atoms with Crippen LogP contribution in [0.5, 0.6) is 0 Å². The molecule has 1 aromatic heterocycles. The van der Waals surface area contributed by atoms with Crippen molar-refractivity contribution >= 4 is 23.4 Å². The molecule has 1 N–H and O–H groups in total. The normalized spacial score (nSPS) is 18.5. The van der Waals surface area contributed by atoms with Gasteiger partial charge in [-0.15, -0.1) is 0 Å². The molecule has 2 aromatic rings. The summed E-state index contributed by atoms with van der Waals surface area (Å²) >= 11 is 1.74. The fourth-order valence-corrected chi connectivity index (χ4v) is 5.60. The molecule has 2 aliphatic rings. The molecule has 4 nitrogen and oxygen atoms in total. The highest BCUT2D eigenvalue weighted by atomic mass is 32.2. The van der Waals surface area contributed by atoms with E-state index in [1.807, 2.05) is 12.1 Å². The molecule has 1 saturated heterocycles. The zero-order valence-electron chi connectivity index (χ0n) is 17.4. The molecule has 166 valence electrons. The Hall–Kier alpha value is -2.22. The number of carbonyl (C=O) groups excluding carboxylic acids is 1. The first-order valence-electron chi connectivity index (χ1n) is 10.5. The van der Waals surface area contributed by atoms with Crippen LogP contribution in [0.4, 0.5) is 18.9 Å². The third-order valence-electron chi connectivity index (χ3n) is 6.10. The molecule has 4 rings (SSSR count). The maximum atomic E-state index is 13.9. The number of anilines is 1. The van der Waals surface area contributed by atoms with Gasteiger partial charge in [-0.2, -0.15) is 24.9 Å². The average molecular weight is 450 g/mol. The van der Waals surface area contributed by atoms with Crippen LogP contribution in [0.15, 0.2) is 42.6 Å². The van der Waals surface area contributed by atoms with E-state index in [2.05, 4.69) is 22.4 Å². The molecule has 1 aliphatic heterocycles. The van der Waals surface area contributed by atoms with Crippen LogP contribution in [0.1, 0.15) is 35.7 Å². The second-order valence-electron chi connectivity index (χ2n) is 8.27. The van der Waals surface area contributed by atoms with E-state index in [0.29, 0.717) is 18.5 Å². The zero-order valence-corrected chi connectivity index (χ0v) is 18.2. The SMILES string of the molecule is CN(C(=O)C1CCSCC1)[C@@H](c1ccc(NC2Cc3ccccc3C2)cn1)C(F)(F)F. The van der Waals surface area contributed by atoms with Gasteiger partial charge in [-0.1, -0.05) is 24.3 Å². The molecule has 1 aromatic carbocycles. The number of aromatic nitrogens is 1. The van der Waals surface area contributed by atoms with E-state index in [1.165, 1.54) is 30.4 Å². The van der Waals surface area contributed by atoms with Gasteiger partial charge in [0.25, 0.3) is 0 Å². The molecule has 0 bridgehead atoms. The molecular formula is C23H26F3N3OS. The number of pyridine rings is 1. The van der Waals surface area contributed by atoms with E-state index in [-0.39, 0.29) is 17.7 Å². The van der Waals surface area contributed by atoms with Gasteiger partial charge in [0.2, 0.25) is 5.91 Å². The van der Waals surface area contributed by atoms with E-state index in [4.69, 9.17) is 0 Å².